The highest BCUT2D eigenvalue weighted by molar-refractivity contribution is 6.36. The standard InChI is InChI=1S/C12H8Cl2FN3O3/c1-17(9-3-2-6(13)4-7(9)14)12(21)18-5-8(15)10(19)16-11(18)20/h2-5H,1H3,(H,16,19,20). The molecule has 0 aliphatic carbocycles. The highest BCUT2D eigenvalue weighted by Gasteiger charge is 2.18. The largest absolute Gasteiger partial charge is 0.336 e. The monoisotopic (exact) mass is 331 g/mol. The Balaban J connectivity index is 2.47. The van der Waals surface area contributed by atoms with Crippen LogP contribution < -0.4 is 16.1 Å². The van der Waals surface area contributed by atoms with E-state index in [-0.39, 0.29) is 10.7 Å². The maximum absolute atomic E-state index is 13.2. The lowest BCUT2D eigenvalue weighted by atomic mass is 10.3. The minimum absolute atomic E-state index is 0.177. The van der Waals surface area contributed by atoms with Crippen LogP contribution in [0, 0.1) is 5.82 Å². The third-order valence-corrected chi connectivity index (χ3v) is 3.20. The van der Waals surface area contributed by atoms with Crippen molar-refractivity contribution in [3.8, 4) is 0 Å². The molecule has 9 heteroatoms. The van der Waals surface area contributed by atoms with E-state index < -0.39 is 23.1 Å². The Morgan fingerprint density at radius 2 is 2.00 bits per heavy atom. The molecule has 1 N–H and O–H groups in total. The SMILES string of the molecule is CN(C(=O)n1cc(F)c(=O)[nH]c1=O)c1ccc(Cl)cc1Cl. The van der Waals surface area contributed by atoms with Crippen molar-refractivity contribution in [1.82, 2.24) is 9.55 Å². The molecule has 1 heterocycles. The second kappa shape index (κ2) is 5.71. The van der Waals surface area contributed by atoms with Crippen molar-refractivity contribution in [1.29, 1.82) is 0 Å². The number of carbonyl (C=O) groups is 1. The van der Waals surface area contributed by atoms with Crippen molar-refractivity contribution >= 4 is 34.9 Å². The molecule has 1 aromatic heterocycles. The minimum atomic E-state index is -1.25. The van der Waals surface area contributed by atoms with Crippen LogP contribution in [0.2, 0.25) is 10.0 Å². The van der Waals surface area contributed by atoms with Crippen LogP contribution in [-0.4, -0.2) is 22.6 Å². The maximum Gasteiger partial charge on any atom is 0.336 e. The number of carbonyl (C=O) groups excluding carboxylic acids is 1. The second-order valence-corrected chi connectivity index (χ2v) is 4.89. The molecular weight excluding hydrogens is 324 g/mol. The van der Waals surface area contributed by atoms with Gasteiger partial charge in [0.2, 0.25) is 5.82 Å². The van der Waals surface area contributed by atoms with E-state index in [0.717, 1.165) is 4.90 Å². The molecule has 0 saturated carbocycles. The number of anilines is 1. The van der Waals surface area contributed by atoms with Crippen molar-refractivity contribution in [2.75, 3.05) is 11.9 Å². The summed E-state index contributed by atoms with van der Waals surface area (Å²) in [5.74, 6) is -1.25. The molecule has 2 aromatic rings. The van der Waals surface area contributed by atoms with Crippen LogP contribution in [0.5, 0.6) is 0 Å². The summed E-state index contributed by atoms with van der Waals surface area (Å²) in [6, 6.07) is 3.50. The average molecular weight is 332 g/mol. The zero-order valence-electron chi connectivity index (χ0n) is 10.6. The highest BCUT2D eigenvalue weighted by atomic mass is 35.5. The Bertz CT molecular complexity index is 831. The minimum Gasteiger partial charge on any atom is -0.295 e. The predicted octanol–water partition coefficient (Wildman–Crippen LogP) is 2.09. The molecule has 0 atom stereocenters. The summed E-state index contributed by atoms with van der Waals surface area (Å²) in [7, 11) is 1.34. The van der Waals surface area contributed by atoms with E-state index >= 15 is 0 Å². The van der Waals surface area contributed by atoms with Gasteiger partial charge in [0, 0.05) is 12.1 Å². The number of H-pyrrole nitrogens is 1. The first-order valence-corrected chi connectivity index (χ1v) is 6.31. The van der Waals surface area contributed by atoms with Gasteiger partial charge < -0.3 is 0 Å². The van der Waals surface area contributed by atoms with Gasteiger partial charge in [-0.25, -0.2) is 14.2 Å². The van der Waals surface area contributed by atoms with Crippen LogP contribution in [0.3, 0.4) is 0 Å². The third kappa shape index (κ3) is 2.98. The molecule has 6 nitrogen and oxygen atoms in total. The number of rotatable bonds is 1. The van der Waals surface area contributed by atoms with Gasteiger partial charge in [-0.1, -0.05) is 23.2 Å². The quantitative estimate of drug-likeness (QED) is 0.869. The summed E-state index contributed by atoms with van der Waals surface area (Å²) in [4.78, 5) is 37.4. The number of nitrogens with zero attached hydrogens (tertiary/aromatic N) is 2. The van der Waals surface area contributed by atoms with Crippen LogP contribution in [0.4, 0.5) is 14.9 Å². The van der Waals surface area contributed by atoms with Crippen molar-refractivity contribution in [3.05, 3.63) is 61.1 Å². The zero-order chi connectivity index (χ0) is 15.7. The molecule has 1 amide bonds. The summed E-state index contributed by atoms with van der Waals surface area (Å²) in [5, 5.41) is 0.549. The van der Waals surface area contributed by atoms with Crippen molar-refractivity contribution in [2.24, 2.45) is 0 Å². The topological polar surface area (TPSA) is 75.2 Å². The fourth-order valence-corrected chi connectivity index (χ4v) is 2.14. The van der Waals surface area contributed by atoms with Gasteiger partial charge in [-0.3, -0.25) is 14.7 Å². The van der Waals surface area contributed by atoms with Gasteiger partial charge in [0.05, 0.1) is 16.9 Å². The molecule has 0 radical (unpaired) electrons. The Morgan fingerprint density at radius 1 is 1.33 bits per heavy atom. The van der Waals surface area contributed by atoms with Crippen LogP contribution in [0.15, 0.2) is 34.0 Å². The molecule has 0 fully saturated rings. The first-order chi connectivity index (χ1) is 9.81. The molecule has 1 aromatic carbocycles. The summed E-state index contributed by atoms with van der Waals surface area (Å²) >= 11 is 11.7. The lowest BCUT2D eigenvalue weighted by molar-refractivity contribution is 0.247. The zero-order valence-corrected chi connectivity index (χ0v) is 12.1. The first-order valence-electron chi connectivity index (χ1n) is 5.56. The predicted molar refractivity (Wildman–Crippen MR) is 76.9 cm³/mol. The number of amides is 1. The molecule has 2 rings (SSSR count). The van der Waals surface area contributed by atoms with Crippen LogP contribution >= 0.6 is 23.2 Å². The van der Waals surface area contributed by atoms with Gasteiger partial charge in [-0.05, 0) is 18.2 Å². The number of benzene rings is 1. The van der Waals surface area contributed by atoms with Crippen LogP contribution in [0.25, 0.3) is 0 Å². The van der Waals surface area contributed by atoms with E-state index in [9.17, 15) is 18.8 Å². The fraction of sp³-hybridized carbons (Fsp3) is 0.0833. The summed E-state index contributed by atoms with van der Waals surface area (Å²) < 4.78 is 13.6. The molecule has 110 valence electrons. The van der Waals surface area contributed by atoms with Crippen molar-refractivity contribution < 1.29 is 9.18 Å². The number of nitrogens with one attached hydrogen (secondary N) is 1. The summed E-state index contributed by atoms with van der Waals surface area (Å²) in [6.07, 6.45) is 0.518. The summed E-state index contributed by atoms with van der Waals surface area (Å²) in [6.45, 7) is 0. The van der Waals surface area contributed by atoms with Gasteiger partial charge in [0.15, 0.2) is 0 Å². The summed E-state index contributed by atoms with van der Waals surface area (Å²) in [5.41, 5.74) is -1.98. The van der Waals surface area contributed by atoms with Crippen molar-refractivity contribution in [3.63, 3.8) is 0 Å². The van der Waals surface area contributed by atoms with Crippen molar-refractivity contribution in [2.45, 2.75) is 0 Å². The van der Waals surface area contributed by atoms with E-state index in [1.165, 1.54) is 25.2 Å². The highest BCUT2D eigenvalue weighted by Crippen LogP contribution is 2.28. The average Bonchev–Trinajstić information content (AvgIpc) is 2.41. The maximum atomic E-state index is 13.2. The normalized spacial score (nSPS) is 10.5. The first kappa shape index (κ1) is 15.3. The van der Waals surface area contributed by atoms with E-state index in [1.54, 1.807) is 4.98 Å². The van der Waals surface area contributed by atoms with E-state index in [1.807, 2.05) is 0 Å². The second-order valence-electron chi connectivity index (χ2n) is 4.04. The van der Waals surface area contributed by atoms with Gasteiger partial charge >= 0.3 is 11.7 Å². The Kier molecular flexibility index (Phi) is 4.15. The number of halogens is 3. The molecule has 0 aliphatic rings. The molecule has 0 bridgehead atoms. The van der Waals surface area contributed by atoms with Gasteiger partial charge in [0.1, 0.15) is 0 Å². The van der Waals surface area contributed by atoms with Gasteiger partial charge in [-0.2, -0.15) is 4.39 Å². The lowest BCUT2D eigenvalue weighted by Crippen LogP contribution is -2.41. The van der Waals surface area contributed by atoms with Crippen LogP contribution in [0.1, 0.15) is 0 Å². The Labute approximate surface area is 127 Å². The smallest absolute Gasteiger partial charge is 0.295 e. The van der Waals surface area contributed by atoms with E-state index in [4.69, 9.17) is 23.2 Å². The number of aromatic amines is 1. The molecular formula is C12H8Cl2FN3O3. The van der Waals surface area contributed by atoms with E-state index in [2.05, 4.69) is 0 Å². The third-order valence-electron chi connectivity index (χ3n) is 2.66. The molecule has 0 saturated heterocycles. The number of hydrogen-bond acceptors (Lipinski definition) is 3. The fourth-order valence-electron chi connectivity index (χ4n) is 1.61. The molecule has 21 heavy (non-hydrogen) atoms. The molecule has 0 aliphatic heterocycles. The van der Waals surface area contributed by atoms with Crippen LogP contribution in [-0.2, 0) is 0 Å². The number of aromatic nitrogens is 2. The van der Waals surface area contributed by atoms with E-state index in [0.29, 0.717) is 15.8 Å². The lowest BCUT2D eigenvalue weighted by Gasteiger charge is -2.19. The molecule has 0 spiro atoms. The Hall–Kier alpha value is -2.12. The van der Waals surface area contributed by atoms with Gasteiger partial charge in [0.25, 0.3) is 5.56 Å². The van der Waals surface area contributed by atoms with Gasteiger partial charge in [-0.15, -0.1) is 0 Å². The number of hydrogen-bond donors (Lipinski definition) is 1. The Morgan fingerprint density at radius 3 is 2.62 bits per heavy atom. The molecule has 0 unspecified atom stereocenters.